The summed E-state index contributed by atoms with van der Waals surface area (Å²) in [5.74, 6) is 0. The van der Waals surface area contributed by atoms with Crippen LogP contribution in [0.1, 0.15) is 54.4 Å². The number of hydrogen-bond donors (Lipinski definition) is 0. The zero-order valence-electron chi connectivity index (χ0n) is 14.2. The highest BCUT2D eigenvalue weighted by Crippen LogP contribution is 2.34. The molecule has 20 heavy (non-hydrogen) atoms. The van der Waals surface area contributed by atoms with E-state index in [0.717, 1.165) is 37.3 Å². The van der Waals surface area contributed by atoms with Crippen molar-refractivity contribution < 1.29 is 9.22 Å². The lowest BCUT2D eigenvalue weighted by Gasteiger charge is -2.40. The van der Waals surface area contributed by atoms with Crippen LogP contribution in [0, 0.1) is 0 Å². The highest BCUT2D eigenvalue weighted by molar-refractivity contribution is 6.73. The smallest absolute Gasteiger partial charge is 0.193 e. The van der Waals surface area contributed by atoms with Gasteiger partial charge in [0.05, 0.1) is 5.60 Å². The van der Waals surface area contributed by atoms with Crippen LogP contribution >= 0.6 is 0 Å². The summed E-state index contributed by atoms with van der Waals surface area (Å²) in [5, 5.41) is 0. The van der Waals surface area contributed by atoms with Crippen molar-refractivity contribution in [3.63, 3.8) is 0 Å². The molecule has 0 saturated carbocycles. The van der Waals surface area contributed by atoms with Crippen LogP contribution < -0.4 is 0 Å². The summed E-state index contributed by atoms with van der Waals surface area (Å²) >= 11 is 0. The summed E-state index contributed by atoms with van der Waals surface area (Å²) in [4.78, 5) is 11.2. The van der Waals surface area contributed by atoms with Crippen LogP contribution in [0.25, 0.3) is 0 Å². The van der Waals surface area contributed by atoms with Crippen molar-refractivity contribution in [2.75, 3.05) is 0 Å². The van der Waals surface area contributed by atoms with Gasteiger partial charge in [-0.15, -0.1) is 0 Å². The number of allylic oxidation sites excluding steroid dienone is 2. The van der Waals surface area contributed by atoms with Crippen molar-refractivity contribution in [3.05, 3.63) is 23.8 Å². The fraction of sp³-hybridized carbons (Fsp3) is 0.706. The van der Waals surface area contributed by atoms with Crippen LogP contribution in [0.3, 0.4) is 0 Å². The van der Waals surface area contributed by atoms with E-state index in [2.05, 4.69) is 47.3 Å². The average Bonchev–Trinajstić information content (AvgIpc) is 2.43. The molecule has 3 heteroatoms. The summed E-state index contributed by atoms with van der Waals surface area (Å²) in [6.07, 6.45) is 4.81. The molecular weight excluding hydrogens is 264 g/mol. The maximum atomic E-state index is 11.2. The van der Waals surface area contributed by atoms with Gasteiger partial charge in [0, 0.05) is 5.57 Å². The first-order valence-corrected chi connectivity index (χ1v) is 10.3. The predicted molar refractivity (Wildman–Crippen MR) is 90.6 cm³/mol. The number of carbonyl (C=O) groups is 1. The van der Waals surface area contributed by atoms with E-state index in [9.17, 15) is 4.79 Å². The second-order valence-corrected chi connectivity index (χ2v) is 10.7. The van der Waals surface area contributed by atoms with Crippen LogP contribution in [-0.4, -0.2) is 20.2 Å². The van der Waals surface area contributed by atoms with Gasteiger partial charge in [0.25, 0.3) is 0 Å². The molecule has 0 N–H and O–H groups in total. The van der Waals surface area contributed by atoms with E-state index in [1.54, 1.807) is 0 Å². The summed E-state index contributed by atoms with van der Waals surface area (Å²) in [5.41, 5.74) is 1.36. The van der Waals surface area contributed by atoms with E-state index in [1.165, 1.54) is 5.57 Å². The summed E-state index contributed by atoms with van der Waals surface area (Å²) in [6.45, 7) is 16.8. The van der Waals surface area contributed by atoms with Gasteiger partial charge >= 0.3 is 0 Å². The predicted octanol–water partition coefficient (Wildman–Crippen LogP) is 5.27. The SMILES string of the molecule is C=C(C=O)[C@](C)(CCC=C(C)C)O[Si](CC)(CC)CC. The number of carbonyl (C=O) groups excluding carboxylic acids is 1. The number of rotatable bonds is 10. The third-order valence-electron chi connectivity index (χ3n) is 4.37. The topological polar surface area (TPSA) is 26.3 Å². The van der Waals surface area contributed by atoms with Gasteiger partial charge in [-0.2, -0.15) is 0 Å². The van der Waals surface area contributed by atoms with E-state index in [-0.39, 0.29) is 0 Å². The standard InChI is InChI=1S/C17H32O2Si/c1-8-20(9-2,10-3)19-17(7,16(6)14-18)13-11-12-15(4)5/h12,14H,6,8-11,13H2,1-5,7H3/t17-/m0/s1. The van der Waals surface area contributed by atoms with Crippen LogP contribution in [0.2, 0.25) is 18.1 Å². The lowest BCUT2D eigenvalue weighted by Crippen LogP contribution is -2.47. The zero-order chi connectivity index (χ0) is 15.8. The van der Waals surface area contributed by atoms with Gasteiger partial charge in [0.2, 0.25) is 0 Å². The Balaban J connectivity index is 5.17. The maximum Gasteiger partial charge on any atom is 0.193 e. The van der Waals surface area contributed by atoms with Crippen LogP contribution in [0.4, 0.5) is 0 Å². The van der Waals surface area contributed by atoms with Crippen molar-refractivity contribution in [1.82, 2.24) is 0 Å². The maximum absolute atomic E-state index is 11.2. The van der Waals surface area contributed by atoms with Crippen molar-refractivity contribution in [2.24, 2.45) is 0 Å². The fourth-order valence-corrected chi connectivity index (χ4v) is 5.60. The molecule has 0 rings (SSSR count). The molecule has 0 spiro atoms. The lowest BCUT2D eigenvalue weighted by molar-refractivity contribution is -0.106. The van der Waals surface area contributed by atoms with Crippen molar-refractivity contribution in [3.8, 4) is 0 Å². The first-order chi connectivity index (χ1) is 9.29. The molecule has 116 valence electrons. The molecule has 0 aromatic carbocycles. The monoisotopic (exact) mass is 296 g/mol. The molecule has 0 aliphatic heterocycles. The van der Waals surface area contributed by atoms with Crippen LogP contribution in [0.5, 0.6) is 0 Å². The highest BCUT2D eigenvalue weighted by Gasteiger charge is 2.39. The number of aldehydes is 1. The van der Waals surface area contributed by atoms with Crippen molar-refractivity contribution in [2.45, 2.75) is 78.1 Å². The van der Waals surface area contributed by atoms with Gasteiger partial charge in [-0.3, -0.25) is 4.79 Å². The minimum Gasteiger partial charge on any atom is -0.408 e. The lowest BCUT2D eigenvalue weighted by atomic mass is 9.92. The molecule has 0 unspecified atom stereocenters. The molecule has 0 aliphatic rings. The summed E-state index contributed by atoms with van der Waals surface area (Å²) in [6, 6.07) is 3.26. The average molecular weight is 297 g/mol. The van der Waals surface area contributed by atoms with Crippen molar-refractivity contribution in [1.29, 1.82) is 0 Å². The Hall–Kier alpha value is -0.673. The zero-order valence-corrected chi connectivity index (χ0v) is 15.2. The van der Waals surface area contributed by atoms with Gasteiger partial charge in [-0.05, 0) is 51.7 Å². The molecule has 0 fully saturated rings. The fourth-order valence-electron chi connectivity index (χ4n) is 2.48. The van der Waals surface area contributed by atoms with Gasteiger partial charge in [0.15, 0.2) is 8.32 Å². The second kappa shape index (κ2) is 8.58. The Kier molecular flexibility index (Phi) is 8.29. The molecule has 1 atom stereocenters. The minimum absolute atomic E-state index is 0.512. The molecule has 0 aromatic rings. The molecule has 0 radical (unpaired) electrons. The molecule has 0 aliphatic carbocycles. The molecule has 0 bridgehead atoms. The second-order valence-electron chi connectivity index (χ2n) is 6.04. The van der Waals surface area contributed by atoms with Gasteiger partial charge in [-0.25, -0.2) is 0 Å². The Morgan fingerprint density at radius 2 is 1.70 bits per heavy atom. The normalized spacial score (nSPS) is 14.5. The Morgan fingerprint density at radius 1 is 1.20 bits per heavy atom. The first-order valence-electron chi connectivity index (χ1n) is 7.77. The van der Waals surface area contributed by atoms with E-state index in [1.807, 2.05) is 6.92 Å². The summed E-state index contributed by atoms with van der Waals surface area (Å²) < 4.78 is 6.59. The Morgan fingerprint density at radius 3 is 2.05 bits per heavy atom. The van der Waals surface area contributed by atoms with Crippen molar-refractivity contribution >= 4 is 14.6 Å². The molecule has 0 amide bonds. The molecule has 2 nitrogen and oxygen atoms in total. The highest BCUT2D eigenvalue weighted by atomic mass is 28.4. The van der Waals surface area contributed by atoms with E-state index in [0.29, 0.717) is 5.57 Å². The Bertz CT molecular complexity index is 344. The van der Waals surface area contributed by atoms with Gasteiger partial charge in [-0.1, -0.05) is 39.0 Å². The Labute approximate surface area is 126 Å². The summed E-state index contributed by atoms with van der Waals surface area (Å²) in [7, 11) is -1.75. The third kappa shape index (κ3) is 5.37. The minimum atomic E-state index is -1.75. The van der Waals surface area contributed by atoms with E-state index < -0.39 is 13.9 Å². The van der Waals surface area contributed by atoms with Crippen LogP contribution in [-0.2, 0) is 9.22 Å². The third-order valence-corrected chi connectivity index (χ3v) is 9.12. The van der Waals surface area contributed by atoms with Crippen LogP contribution in [0.15, 0.2) is 23.8 Å². The largest absolute Gasteiger partial charge is 0.408 e. The molecule has 0 aromatic heterocycles. The molecule has 0 heterocycles. The first kappa shape index (κ1) is 19.3. The number of hydrogen-bond acceptors (Lipinski definition) is 2. The van der Waals surface area contributed by atoms with E-state index in [4.69, 9.17) is 4.43 Å². The quantitative estimate of drug-likeness (QED) is 0.238. The van der Waals surface area contributed by atoms with Gasteiger partial charge in [0.1, 0.15) is 6.29 Å². The molecule has 0 saturated heterocycles. The van der Waals surface area contributed by atoms with Gasteiger partial charge < -0.3 is 4.43 Å². The van der Waals surface area contributed by atoms with E-state index >= 15 is 0 Å². The molecular formula is C17H32O2Si.